The molecular formula is C20H19N5O2. The van der Waals surface area contributed by atoms with Crippen molar-refractivity contribution in [3.8, 4) is 0 Å². The molecule has 27 heavy (non-hydrogen) atoms. The molecule has 0 radical (unpaired) electrons. The van der Waals surface area contributed by atoms with Crippen LogP contribution in [0, 0.1) is 0 Å². The zero-order chi connectivity index (χ0) is 18.5. The van der Waals surface area contributed by atoms with Gasteiger partial charge in [-0.2, -0.15) is 5.10 Å². The van der Waals surface area contributed by atoms with E-state index >= 15 is 0 Å². The molecule has 0 saturated carbocycles. The number of aromatic nitrogens is 2. The van der Waals surface area contributed by atoms with Crippen molar-refractivity contribution in [1.29, 1.82) is 0 Å². The minimum Gasteiger partial charge on any atom is -0.378 e. The van der Waals surface area contributed by atoms with Crippen LogP contribution < -0.4 is 5.43 Å². The molecule has 0 atom stereocenters. The number of hydrogen-bond acceptors (Lipinski definition) is 6. The molecular weight excluding hydrogens is 342 g/mol. The van der Waals surface area contributed by atoms with Crippen LogP contribution in [0.4, 0.5) is 5.82 Å². The Balaban J connectivity index is 1.63. The summed E-state index contributed by atoms with van der Waals surface area (Å²) in [5.74, 6) is 0.508. The summed E-state index contributed by atoms with van der Waals surface area (Å²) in [6.45, 7) is 2.32. The summed E-state index contributed by atoms with van der Waals surface area (Å²) in [4.78, 5) is 23.4. The first kappa shape index (κ1) is 17.1. The van der Waals surface area contributed by atoms with Gasteiger partial charge in [-0.1, -0.05) is 18.2 Å². The number of fused-ring (bicyclic) bond motifs is 1. The monoisotopic (exact) mass is 361 g/mol. The van der Waals surface area contributed by atoms with Gasteiger partial charge in [0.1, 0.15) is 5.82 Å². The highest BCUT2D eigenvalue weighted by Gasteiger charge is 2.21. The maximum Gasteiger partial charge on any atom is 0.254 e. The van der Waals surface area contributed by atoms with E-state index in [4.69, 9.17) is 4.74 Å². The van der Waals surface area contributed by atoms with Gasteiger partial charge in [0.25, 0.3) is 5.91 Å². The van der Waals surface area contributed by atoms with Crippen molar-refractivity contribution in [2.45, 2.75) is 0 Å². The Kier molecular flexibility index (Phi) is 5.02. The molecule has 3 heterocycles. The number of morpholine rings is 1. The van der Waals surface area contributed by atoms with E-state index in [9.17, 15) is 4.79 Å². The van der Waals surface area contributed by atoms with Gasteiger partial charge in [-0.15, -0.1) is 0 Å². The molecule has 0 spiro atoms. The van der Waals surface area contributed by atoms with Crippen LogP contribution in [0.15, 0.2) is 60.0 Å². The van der Waals surface area contributed by atoms with Crippen LogP contribution >= 0.6 is 0 Å². The quantitative estimate of drug-likeness (QED) is 0.571. The van der Waals surface area contributed by atoms with Gasteiger partial charge in [-0.05, 0) is 29.8 Å². The van der Waals surface area contributed by atoms with Crippen LogP contribution in [0.2, 0.25) is 0 Å². The number of nitrogens with one attached hydrogen (secondary N) is 1. The first-order valence-electron chi connectivity index (χ1n) is 8.77. The normalized spacial score (nSPS) is 14.6. The number of pyridine rings is 2. The summed E-state index contributed by atoms with van der Waals surface area (Å²) in [5, 5.41) is 5.05. The Labute approximate surface area is 156 Å². The third-order valence-corrected chi connectivity index (χ3v) is 4.34. The number of nitrogens with zero attached hydrogens (tertiary/aromatic N) is 4. The Morgan fingerprint density at radius 1 is 1.15 bits per heavy atom. The molecule has 7 heteroatoms. The summed E-state index contributed by atoms with van der Waals surface area (Å²) >= 11 is 0. The lowest BCUT2D eigenvalue weighted by molar-refractivity contribution is 0.0304. The van der Waals surface area contributed by atoms with E-state index in [1.165, 1.54) is 0 Å². The average molecular weight is 361 g/mol. The van der Waals surface area contributed by atoms with Crippen LogP contribution in [-0.4, -0.2) is 53.3 Å². The number of amides is 1. The van der Waals surface area contributed by atoms with E-state index in [0.717, 1.165) is 16.5 Å². The van der Waals surface area contributed by atoms with Gasteiger partial charge in [0.15, 0.2) is 0 Å². The van der Waals surface area contributed by atoms with Crippen molar-refractivity contribution in [2.75, 3.05) is 31.7 Å². The highest BCUT2D eigenvalue weighted by atomic mass is 16.5. The Morgan fingerprint density at radius 2 is 1.93 bits per heavy atom. The highest BCUT2D eigenvalue weighted by Crippen LogP contribution is 2.22. The summed E-state index contributed by atoms with van der Waals surface area (Å²) in [5.41, 5.74) is 5.21. The second kappa shape index (κ2) is 7.92. The number of carbonyl (C=O) groups excluding carboxylic acids is 1. The fourth-order valence-corrected chi connectivity index (χ4v) is 2.97. The van der Waals surface area contributed by atoms with Crippen LogP contribution in [0.1, 0.15) is 15.9 Å². The number of rotatable bonds is 4. The van der Waals surface area contributed by atoms with Gasteiger partial charge in [0.05, 0.1) is 30.5 Å². The smallest absolute Gasteiger partial charge is 0.254 e. The van der Waals surface area contributed by atoms with E-state index in [0.29, 0.717) is 37.7 Å². The van der Waals surface area contributed by atoms with E-state index in [1.807, 2.05) is 41.3 Å². The fraction of sp³-hybridized carbons (Fsp3) is 0.200. The van der Waals surface area contributed by atoms with Crippen molar-refractivity contribution in [2.24, 2.45) is 5.10 Å². The maximum atomic E-state index is 13.0. The molecule has 1 aliphatic heterocycles. The first-order valence-corrected chi connectivity index (χ1v) is 8.77. The summed E-state index contributed by atoms with van der Waals surface area (Å²) < 4.78 is 5.35. The zero-order valence-corrected chi connectivity index (χ0v) is 14.7. The summed E-state index contributed by atoms with van der Waals surface area (Å²) in [6, 6.07) is 13.1. The molecule has 1 amide bonds. The van der Waals surface area contributed by atoms with Gasteiger partial charge in [-0.3, -0.25) is 15.2 Å². The topological polar surface area (TPSA) is 79.7 Å². The molecule has 0 aliphatic carbocycles. The van der Waals surface area contributed by atoms with Crippen LogP contribution in [-0.2, 0) is 4.74 Å². The van der Waals surface area contributed by atoms with E-state index in [2.05, 4.69) is 20.5 Å². The lowest BCUT2D eigenvalue weighted by atomic mass is 10.1. The largest absolute Gasteiger partial charge is 0.378 e. The second-order valence-corrected chi connectivity index (χ2v) is 6.13. The molecule has 3 aromatic rings. The van der Waals surface area contributed by atoms with E-state index in [1.54, 1.807) is 24.7 Å². The molecule has 136 valence electrons. The van der Waals surface area contributed by atoms with E-state index < -0.39 is 0 Å². The molecule has 1 N–H and O–H groups in total. The number of benzene rings is 1. The lowest BCUT2D eigenvalue weighted by Crippen LogP contribution is -2.40. The molecule has 1 fully saturated rings. The number of anilines is 1. The molecule has 2 aromatic heterocycles. The molecule has 0 unspecified atom stereocenters. The second-order valence-electron chi connectivity index (χ2n) is 6.13. The number of para-hydroxylation sites is 1. The molecule has 7 nitrogen and oxygen atoms in total. The van der Waals surface area contributed by atoms with Gasteiger partial charge >= 0.3 is 0 Å². The summed E-state index contributed by atoms with van der Waals surface area (Å²) in [7, 11) is 0. The van der Waals surface area contributed by atoms with Gasteiger partial charge in [0.2, 0.25) is 0 Å². The Bertz CT molecular complexity index is 969. The van der Waals surface area contributed by atoms with Gasteiger partial charge in [0, 0.05) is 30.9 Å². The summed E-state index contributed by atoms with van der Waals surface area (Å²) in [6.07, 6.45) is 5.09. The Hall–Kier alpha value is -3.32. The molecule has 4 rings (SSSR count). The fourth-order valence-electron chi connectivity index (χ4n) is 2.97. The average Bonchev–Trinajstić information content (AvgIpc) is 2.74. The number of ether oxygens (including phenoxy) is 1. The van der Waals surface area contributed by atoms with Crippen molar-refractivity contribution in [1.82, 2.24) is 14.9 Å². The Morgan fingerprint density at radius 3 is 2.74 bits per heavy atom. The van der Waals surface area contributed by atoms with Crippen LogP contribution in [0.3, 0.4) is 0 Å². The highest BCUT2D eigenvalue weighted by molar-refractivity contribution is 6.07. The zero-order valence-electron chi connectivity index (χ0n) is 14.7. The van der Waals surface area contributed by atoms with Crippen LogP contribution in [0.25, 0.3) is 10.9 Å². The first-order chi connectivity index (χ1) is 13.3. The SMILES string of the molecule is O=C(c1cc(N/N=C/c2ccncc2)nc2ccccc12)N1CCOCC1. The van der Waals surface area contributed by atoms with Gasteiger partial charge < -0.3 is 9.64 Å². The number of hydrazone groups is 1. The molecule has 1 aromatic carbocycles. The third kappa shape index (κ3) is 3.93. The number of carbonyl (C=O) groups is 1. The molecule has 1 aliphatic rings. The van der Waals surface area contributed by atoms with Crippen molar-refractivity contribution in [3.63, 3.8) is 0 Å². The van der Waals surface area contributed by atoms with E-state index in [-0.39, 0.29) is 5.91 Å². The minimum absolute atomic E-state index is 0.0157. The standard InChI is InChI=1S/C20H19N5O2/c26-20(25-9-11-27-12-10-25)17-13-19(23-18-4-2-1-3-16(17)18)24-22-14-15-5-7-21-8-6-15/h1-8,13-14H,9-12H2,(H,23,24)/b22-14+. The van der Waals surface area contributed by atoms with Crippen molar-refractivity contribution >= 4 is 28.8 Å². The lowest BCUT2D eigenvalue weighted by Gasteiger charge is -2.27. The number of hydrogen-bond donors (Lipinski definition) is 1. The molecule has 0 bridgehead atoms. The third-order valence-electron chi connectivity index (χ3n) is 4.34. The van der Waals surface area contributed by atoms with Gasteiger partial charge in [-0.25, -0.2) is 4.98 Å². The van der Waals surface area contributed by atoms with Crippen LogP contribution in [0.5, 0.6) is 0 Å². The predicted molar refractivity (Wildman–Crippen MR) is 104 cm³/mol. The maximum absolute atomic E-state index is 13.0. The van der Waals surface area contributed by atoms with Crippen molar-refractivity contribution in [3.05, 3.63) is 66.0 Å². The molecule has 1 saturated heterocycles. The minimum atomic E-state index is -0.0157. The van der Waals surface area contributed by atoms with Crippen molar-refractivity contribution < 1.29 is 9.53 Å². The predicted octanol–water partition coefficient (Wildman–Crippen LogP) is 2.55.